The second kappa shape index (κ2) is 11.2. The van der Waals surface area contributed by atoms with E-state index in [1.165, 1.54) is 0 Å². The van der Waals surface area contributed by atoms with Crippen LogP contribution in [0.2, 0.25) is 18.1 Å². The minimum absolute atomic E-state index is 0.0106. The van der Waals surface area contributed by atoms with Crippen molar-refractivity contribution in [2.75, 3.05) is 17.7 Å². The van der Waals surface area contributed by atoms with Crippen LogP contribution in [-0.4, -0.2) is 27.2 Å². The van der Waals surface area contributed by atoms with E-state index in [9.17, 15) is 9.59 Å². The highest BCUT2D eigenvalue weighted by atomic mass is 28.4. The fraction of sp³-hybridized carbons (Fsp3) is 0.333. The van der Waals surface area contributed by atoms with Gasteiger partial charge in [-0.15, -0.1) is 0 Å². The molecule has 0 bridgehead atoms. The van der Waals surface area contributed by atoms with Crippen molar-refractivity contribution in [2.45, 2.75) is 58.7 Å². The van der Waals surface area contributed by atoms with E-state index in [4.69, 9.17) is 14.9 Å². The van der Waals surface area contributed by atoms with E-state index in [0.717, 1.165) is 23.3 Å². The third-order valence-electron chi connectivity index (χ3n) is 6.90. The first-order valence-corrected chi connectivity index (χ1v) is 15.5. The Hall–Kier alpha value is -3.58. The lowest BCUT2D eigenvalue weighted by molar-refractivity contribution is 0.0897. The van der Waals surface area contributed by atoms with Gasteiger partial charge in [0.2, 0.25) is 8.32 Å². The van der Waals surface area contributed by atoms with Gasteiger partial charge in [-0.2, -0.15) is 0 Å². The van der Waals surface area contributed by atoms with E-state index in [1.807, 2.05) is 12.1 Å². The quantitative estimate of drug-likeness (QED) is 0.195. The Labute approximate surface area is 221 Å². The molecule has 0 unspecified atom stereocenters. The summed E-state index contributed by atoms with van der Waals surface area (Å²) in [7, 11) is -0.540. The molecule has 0 aromatic heterocycles. The number of carbonyl (C=O) groups excluding carboxylic acids is 2. The van der Waals surface area contributed by atoms with Gasteiger partial charge < -0.3 is 14.9 Å². The van der Waals surface area contributed by atoms with Crippen LogP contribution in [0.15, 0.2) is 66.7 Å². The number of carbonyl (C=O) groups is 2. The van der Waals surface area contributed by atoms with Crippen LogP contribution in [0.25, 0.3) is 0 Å². The number of hydrogen-bond acceptors (Lipinski definition) is 5. The Kier molecular flexibility index (Phi) is 8.48. The summed E-state index contributed by atoms with van der Waals surface area (Å²) in [5, 5.41) is 0.0106. The molecular formula is C30H38N2O4Si. The number of methoxy groups -OCH3 is 1. The van der Waals surface area contributed by atoms with Crippen LogP contribution in [0.4, 0.5) is 11.4 Å². The van der Waals surface area contributed by atoms with Gasteiger partial charge in [0.1, 0.15) is 11.5 Å². The molecule has 0 atom stereocenters. The van der Waals surface area contributed by atoms with Crippen LogP contribution in [0, 0.1) is 0 Å². The third-order valence-corrected chi connectivity index (χ3v) is 11.3. The predicted molar refractivity (Wildman–Crippen MR) is 153 cm³/mol. The average molecular weight is 519 g/mol. The van der Waals surface area contributed by atoms with Crippen molar-refractivity contribution < 1.29 is 18.8 Å². The van der Waals surface area contributed by atoms with Gasteiger partial charge in [0.15, 0.2) is 0 Å². The van der Waals surface area contributed by atoms with Gasteiger partial charge in [0, 0.05) is 17.2 Å². The highest BCUT2D eigenvalue weighted by Gasteiger charge is 2.39. The van der Waals surface area contributed by atoms with Crippen molar-refractivity contribution in [1.82, 2.24) is 0 Å². The maximum absolute atomic E-state index is 13.8. The molecular weight excluding hydrogens is 480 g/mol. The molecule has 6 nitrogen and oxygen atoms in total. The van der Waals surface area contributed by atoms with Gasteiger partial charge in [-0.1, -0.05) is 46.2 Å². The lowest BCUT2D eigenvalue weighted by atomic mass is 10.1. The number of nitrogens with zero attached hydrogens (tertiary/aromatic N) is 1. The first kappa shape index (κ1) is 28.0. The fourth-order valence-corrected chi connectivity index (χ4v) is 4.68. The Balaban J connectivity index is 2.04. The number of rotatable bonds is 8. The van der Waals surface area contributed by atoms with Gasteiger partial charge in [-0.25, -0.2) is 4.90 Å². The summed E-state index contributed by atoms with van der Waals surface area (Å²) in [6.45, 7) is 12.9. The summed E-state index contributed by atoms with van der Waals surface area (Å²) in [5.41, 5.74) is 8.95. The summed E-state index contributed by atoms with van der Waals surface area (Å²) >= 11 is 0. The molecule has 196 valence electrons. The minimum atomic E-state index is -2.10. The van der Waals surface area contributed by atoms with Crippen molar-refractivity contribution in [3.8, 4) is 11.5 Å². The molecule has 3 aromatic carbocycles. The number of benzene rings is 3. The van der Waals surface area contributed by atoms with Gasteiger partial charge in [-0.05, 0) is 78.6 Å². The second-order valence-electron chi connectivity index (χ2n) is 10.7. The smallest absolute Gasteiger partial charge is 0.265 e. The molecule has 37 heavy (non-hydrogen) atoms. The molecule has 0 saturated carbocycles. The van der Waals surface area contributed by atoms with Gasteiger partial charge in [0.05, 0.1) is 18.5 Å². The molecule has 2 N–H and O–H groups in total. The van der Waals surface area contributed by atoms with Gasteiger partial charge in [-0.3, -0.25) is 9.59 Å². The number of amides is 2. The highest BCUT2D eigenvalue weighted by molar-refractivity contribution is 6.74. The van der Waals surface area contributed by atoms with E-state index in [2.05, 4.69) is 40.8 Å². The van der Waals surface area contributed by atoms with Crippen molar-refractivity contribution in [2.24, 2.45) is 0 Å². The lowest BCUT2D eigenvalue weighted by Crippen LogP contribution is -2.43. The first-order valence-electron chi connectivity index (χ1n) is 12.6. The van der Waals surface area contributed by atoms with Crippen molar-refractivity contribution in [1.29, 1.82) is 0 Å². The third kappa shape index (κ3) is 6.41. The normalized spacial score (nSPS) is 11.6. The summed E-state index contributed by atoms with van der Waals surface area (Å²) < 4.78 is 11.6. The molecule has 7 heteroatoms. The van der Waals surface area contributed by atoms with E-state index < -0.39 is 20.1 Å². The lowest BCUT2D eigenvalue weighted by Gasteiger charge is -2.36. The van der Waals surface area contributed by atoms with E-state index in [0.29, 0.717) is 28.3 Å². The zero-order chi connectivity index (χ0) is 27.4. The molecule has 0 aliphatic heterocycles. The zero-order valence-corrected chi connectivity index (χ0v) is 23.9. The van der Waals surface area contributed by atoms with Gasteiger partial charge >= 0.3 is 0 Å². The largest absolute Gasteiger partial charge is 0.543 e. The van der Waals surface area contributed by atoms with Crippen LogP contribution in [0.1, 0.15) is 60.4 Å². The minimum Gasteiger partial charge on any atom is -0.543 e. The van der Waals surface area contributed by atoms with Crippen LogP contribution in [0.3, 0.4) is 0 Å². The van der Waals surface area contributed by atoms with Crippen molar-refractivity contribution >= 4 is 31.5 Å². The number of hydrogen-bond donors (Lipinski definition) is 1. The Morgan fingerprint density at radius 3 is 1.84 bits per heavy atom. The molecule has 0 aliphatic rings. The maximum Gasteiger partial charge on any atom is 0.265 e. The van der Waals surface area contributed by atoms with Crippen LogP contribution in [-0.2, 0) is 6.42 Å². The van der Waals surface area contributed by atoms with E-state index in [1.54, 1.807) is 61.7 Å². The summed E-state index contributed by atoms with van der Waals surface area (Å²) in [4.78, 5) is 28.6. The average Bonchev–Trinajstić information content (AvgIpc) is 2.85. The molecule has 0 spiro atoms. The Morgan fingerprint density at radius 2 is 1.38 bits per heavy atom. The molecule has 0 saturated heterocycles. The number of nitrogens with two attached hydrogens (primary N) is 1. The molecule has 0 fully saturated rings. The van der Waals surface area contributed by atoms with Crippen LogP contribution < -0.4 is 19.8 Å². The Bertz CT molecular complexity index is 1250. The number of anilines is 2. The monoisotopic (exact) mass is 518 g/mol. The number of ether oxygens (including phenoxy) is 1. The van der Waals surface area contributed by atoms with E-state index >= 15 is 0 Å². The van der Waals surface area contributed by atoms with Crippen LogP contribution >= 0.6 is 0 Å². The summed E-state index contributed by atoms with van der Waals surface area (Å²) in [5.74, 6) is 0.317. The van der Waals surface area contributed by atoms with E-state index in [-0.39, 0.29) is 10.7 Å². The van der Waals surface area contributed by atoms with Crippen molar-refractivity contribution in [3.63, 3.8) is 0 Å². The topological polar surface area (TPSA) is 81.9 Å². The Morgan fingerprint density at radius 1 is 0.865 bits per heavy atom. The molecule has 3 aromatic rings. The molecule has 2 amide bonds. The summed E-state index contributed by atoms with van der Waals surface area (Å²) in [6, 6.07) is 19.2. The molecule has 0 aliphatic carbocycles. The molecule has 0 radical (unpaired) electrons. The zero-order valence-electron chi connectivity index (χ0n) is 22.9. The molecule has 0 heterocycles. The predicted octanol–water partition coefficient (Wildman–Crippen LogP) is 7.10. The maximum atomic E-state index is 13.8. The van der Waals surface area contributed by atoms with Crippen molar-refractivity contribution in [3.05, 3.63) is 83.4 Å². The SMILES string of the molecule is CCCc1ccc(C(=O)N(C(=O)c2ccc(OC)cc2)c2ccc(O[Si](C)(C)C(C)(C)C)cc2N)cc1. The highest BCUT2D eigenvalue weighted by Crippen LogP contribution is 2.39. The van der Waals surface area contributed by atoms with Crippen LogP contribution in [0.5, 0.6) is 11.5 Å². The number of nitrogen functional groups attached to an aromatic ring is 1. The first-order chi connectivity index (χ1) is 17.4. The standard InChI is InChI=1S/C30H38N2O4Si/c1-8-9-21-10-12-22(13-11-21)28(33)32(29(34)23-14-16-24(35-5)17-15-23)27-19-18-25(20-26(27)31)36-37(6,7)30(2,3)4/h10-20H,8-9,31H2,1-7H3. The number of aryl methyl sites for hydroxylation is 1. The second-order valence-corrected chi connectivity index (χ2v) is 15.4. The van der Waals surface area contributed by atoms with Gasteiger partial charge in [0.25, 0.3) is 11.8 Å². The fourth-order valence-electron chi connectivity index (χ4n) is 3.65. The number of imide groups is 1. The molecule has 3 rings (SSSR count). The summed E-state index contributed by atoms with van der Waals surface area (Å²) in [6.07, 6.45) is 1.93.